The zero-order valence-electron chi connectivity index (χ0n) is 23.2. The highest BCUT2D eigenvalue weighted by Crippen LogP contribution is 2.63. The van der Waals surface area contributed by atoms with E-state index in [4.69, 9.17) is 5.73 Å². The van der Waals surface area contributed by atoms with Crippen LogP contribution in [0, 0.1) is 0 Å². The molecule has 0 aromatic rings. The van der Waals surface area contributed by atoms with Crippen LogP contribution in [0.2, 0.25) is 0 Å². The van der Waals surface area contributed by atoms with Crippen molar-refractivity contribution in [1.82, 2.24) is 10.6 Å². The normalized spacial score (nSPS) is 15.2. The molecule has 0 radical (unpaired) electrons. The lowest BCUT2D eigenvalue weighted by Crippen LogP contribution is -2.75. The van der Waals surface area contributed by atoms with Gasteiger partial charge in [0.15, 0.2) is 0 Å². The van der Waals surface area contributed by atoms with E-state index in [1.54, 1.807) is 0 Å². The van der Waals surface area contributed by atoms with Gasteiger partial charge >= 0.3 is 47.6 Å². The second-order valence-corrected chi connectivity index (χ2v) is 9.89. The van der Waals surface area contributed by atoms with E-state index in [1.165, 1.54) is 0 Å². The molecule has 4 N–H and O–H groups in total. The number of halogens is 17. The zero-order chi connectivity index (χ0) is 35.9. The topological polar surface area (TPSA) is 84.2 Å². The van der Waals surface area contributed by atoms with E-state index in [0.29, 0.717) is 12.8 Å². The minimum atomic E-state index is -8.81. The highest BCUT2D eigenvalue weighted by atomic mass is 19.4. The van der Waals surface area contributed by atoms with Crippen molar-refractivity contribution in [2.75, 3.05) is 13.1 Å². The number of hydrogen-bond donors (Lipinski definition) is 3. The van der Waals surface area contributed by atoms with Gasteiger partial charge in [0.25, 0.3) is 5.91 Å². The summed E-state index contributed by atoms with van der Waals surface area (Å²) < 4.78 is 229. The lowest BCUT2D eigenvalue weighted by Gasteiger charge is -2.42. The van der Waals surface area contributed by atoms with Crippen LogP contribution in [0.25, 0.3) is 0 Å². The molecule has 1 atom stereocenters. The number of unbranched alkanes of at least 4 members (excludes halogenated alkanes) is 6. The summed E-state index contributed by atoms with van der Waals surface area (Å²) >= 11 is 0. The summed E-state index contributed by atoms with van der Waals surface area (Å²) in [7, 11) is 0. The van der Waals surface area contributed by atoms with Gasteiger partial charge in [-0.15, -0.1) is 0 Å². The third-order valence-electron chi connectivity index (χ3n) is 6.41. The Balaban J connectivity index is 6.27. The summed E-state index contributed by atoms with van der Waals surface area (Å²) in [5.41, 5.74) is 5.19. The lowest BCUT2D eigenvalue weighted by atomic mass is 9.88. The van der Waals surface area contributed by atoms with Crippen molar-refractivity contribution in [3.05, 3.63) is 0 Å². The predicted molar refractivity (Wildman–Crippen MR) is 122 cm³/mol. The van der Waals surface area contributed by atoms with E-state index in [2.05, 4.69) is 5.32 Å². The Hall–Kier alpha value is -2.29. The maximum atomic E-state index is 14.3. The van der Waals surface area contributed by atoms with E-state index >= 15 is 0 Å². The van der Waals surface area contributed by atoms with Crippen molar-refractivity contribution in [2.24, 2.45) is 5.73 Å². The lowest BCUT2D eigenvalue weighted by molar-refractivity contribution is -0.459. The summed E-state index contributed by atoms with van der Waals surface area (Å²) in [5, 5.41) is 2.91. The molecular formula is C23H30F17N3O2. The molecule has 0 bridgehead atoms. The van der Waals surface area contributed by atoms with Crippen LogP contribution >= 0.6 is 0 Å². The first-order valence-electron chi connectivity index (χ1n) is 13.1. The highest BCUT2D eigenvalue weighted by molar-refractivity contribution is 5.91. The van der Waals surface area contributed by atoms with Crippen molar-refractivity contribution in [3.63, 3.8) is 0 Å². The first-order chi connectivity index (χ1) is 20.1. The monoisotopic (exact) mass is 703 g/mol. The Kier molecular flexibility index (Phi) is 14.3. The summed E-state index contributed by atoms with van der Waals surface area (Å²) in [4.78, 5) is 24.3. The average Bonchev–Trinajstić information content (AvgIpc) is 2.90. The number of carbonyl (C=O) groups is 2. The van der Waals surface area contributed by atoms with Gasteiger partial charge in [0.05, 0.1) is 0 Å². The molecule has 0 fully saturated rings. The molecule has 5 nitrogen and oxygen atoms in total. The molecule has 0 aromatic heterocycles. The van der Waals surface area contributed by atoms with Gasteiger partial charge in [0.1, 0.15) is 6.04 Å². The average molecular weight is 703 g/mol. The maximum Gasteiger partial charge on any atom is 0.460 e. The SMILES string of the molecule is CCCCCCCCNC(=O)[C@H](CCCCN)NC(=O)C(F)(F)C(F)(F)C(F)(F)C(F)(F)C(F)(F)C(F)(F)C(F)(F)C(F)(F)F. The van der Waals surface area contributed by atoms with E-state index in [1.807, 2.05) is 6.92 Å². The Bertz CT molecular complexity index is 971. The Labute approximate surface area is 244 Å². The van der Waals surface area contributed by atoms with E-state index in [-0.39, 0.29) is 32.4 Å². The highest BCUT2D eigenvalue weighted by Gasteiger charge is 2.95. The second-order valence-electron chi connectivity index (χ2n) is 9.89. The summed E-state index contributed by atoms with van der Waals surface area (Å²) in [6.07, 6.45) is -4.79. The fourth-order valence-corrected chi connectivity index (χ4v) is 3.56. The quantitative estimate of drug-likeness (QED) is 0.0937. The Morgan fingerprint density at radius 2 is 1.00 bits per heavy atom. The van der Waals surface area contributed by atoms with Crippen LogP contribution in [0.1, 0.15) is 64.7 Å². The van der Waals surface area contributed by atoms with Crippen LogP contribution in [0.15, 0.2) is 0 Å². The number of carbonyl (C=O) groups excluding carboxylic acids is 2. The number of nitrogens with one attached hydrogen (secondary N) is 2. The van der Waals surface area contributed by atoms with Gasteiger partial charge in [0, 0.05) is 6.54 Å². The van der Waals surface area contributed by atoms with Crippen LogP contribution in [0.4, 0.5) is 74.6 Å². The minimum Gasteiger partial charge on any atom is -0.354 e. The van der Waals surface area contributed by atoms with Crippen molar-refractivity contribution >= 4 is 11.8 Å². The number of rotatable bonds is 20. The molecule has 0 aliphatic rings. The molecule has 0 aliphatic carbocycles. The fraction of sp³-hybridized carbons (Fsp3) is 0.913. The van der Waals surface area contributed by atoms with Gasteiger partial charge in [-0.3, -0.25) is 9.59 Å². The summed E-state index contributed by atoms with van der Waals surface area (Å²) in [6.45, 7) is 1.59. The van der Waals surface area contributed by atoms with Gasteiger partial charge in [-0.1, -0.05) is 39.0 Å². The molecule has 0 rings (SSSR count). The van der Waals surface area contributed by atoms with E-state index in [9.17, 15) is 84.2 Å². The summed E-state index contributed by atoms with van der Waals surface area (Å²) in [6, 6.07) is -2.30. The standard InChI is InChI=1S/C23H30F17N3O2/c1-2-3-4-5-6-9-12-42-14(44)13(10-7-8-11-41)43-15(45)16(24,25)17(26,27)18(28,29)19(30,31)20(32,33)21(34,35)22(36,37)23(38,39)40/h13H,2-12,41H2,1H3,(H,42,44)(H,43,45)/t13-/m0/s1. The second kappa shape index (κ2) is 15.1. The van der Waals surface area contributed by atoms with Crippen molar-refractivity contribution in [3.8, 4) is 0 Å². The van der Waals surface area contributed by atoms with Gasteiger partial charge in [-0.05, 0) is 32.2 Å². The molecule has 2 amide bonds. The zero-order valence-corrected chi connectivity index (χ0v) is 23.2. The van der Waals surface area contributed by atoms with Gasteiger partial charge in [-0.2, -0.15) is 74.6 Å². The third-order valence-corrected chi connectivity index (χ3v) is 6.41. The molecule has 0 saturated heterocycles. The molecule has 0 saturated carbocycles. The fourth-order valence-electron chi connectivity index (χ4n) is 3.56. The molecule has 0 unspecified atom stereocenters. The van der Waals surface area contributed by atoms with Crippen molar-refractivity contribution in [2.45, 2.75) is 118 Å². The molecule has 0 aromatic carbocycles. The van der Waals surface area contributed by atoms with Gasteiger partial charge in [-0.25, -0.2) is 0 Å². The van der Waals surface area contributed by atoms with Crippen LogP contribution in [-0.4, -0.2) is 78.6 Å². The number of alkyl halides is 17. The molecule has 0 spiro atoms. The number of amides is 2. The van der Waals surface area contributed by atoms with E-state index in [0.717, 1.165) is 24.6 Å². The van der Waals surface area contributed by atoms with Crippen molar-refractivity contribution < 1.29 is 84.2 Å². The van der Waals surface area contributed by atoms with Crippen LogP contribution < -0.4 is 16.4 Å². The van der Waals surface area contributed by atoms with Gasteiger partial charge in [0.2, 0.25) is 5.91 Å². The number of hydrogen-bond acceptors (Lipinski definition) is 3. The predicted octanol–water partition coefficient (Wildman–Crippen LogP) is 7.09. The molecule has 22 heteroatoms. The smallest absolute Gasteiger partial charge is 0.354 e. The first-order valence-corrected chi connectivity index (χ1v) is 13.1. The molecule has 0 heterocycles. The molecule has 268 valence electrons. The first kappa shape index (κ1) is 42.7. The van der Waals surface area contributed by atoms with Crippen LogP contribution in [0.3, 0.4) is 0 Å². The number of nitrogens with two attached hydrogens (primary N) is 1. The largest absolute Gasteiger partial charge is 0.460 e. The maximum absolute atomic E-state index is 14.3. The van der Waals surface area contributed by atoms with Gasteiger partial charge < -0.3 is 16.4 Å². The molecule has 45 heavy (non-hydrogen) atoms. The van der Waals surface area contributed by atoms with Crippen LogP contribution in [-0.2, 0) is 9.59 Å². The van der Waals surface area contributed by atoms with Crippen LogP contribution in [0.5, 0.6) is 0 Å². The Morgan fingerprint density at radius 3 is 1.44 bits per heavy atom. The molecule has 0 aliphatic heterocycles. The molecular weight excluding hydrogens is 673 g/mol. The summed E-state index contributed by atoms with van der Waals surface area (Å²) in [5.74, 6) is -63.8. The Morgan fingerprint density at radius 1 is 0.578 bits per heavy atom. The van der Waals surface area contributed by atoms with Crippen molar-refractivity contribution in [1.29, 1.82) is 0 Å². The minimum absolute atomic E-state index is 0.0141. The third kappa shape index (κ3) is 8.36. The van der Waals surface area contributed by atoms with E-state index < -0.39 is 71.9 Å².